The van der Waals surface area contributed by atoms with Gasteiger partial charge in [-0.2, -0.15) is 0 Å². The van der Waals surface area contributed by atoms with Crippen molar-refractivity contribution in [2.24, 2.45) is 0 Å². The van der Waals surface area contributed by atoms with Crippen LogP contribution in [-0.2, 0) is 13.7 Å². The lowest BCUT2D eigenvalue weighted by Gasteiger charge is -2.31. The highest BCUT2D eigenvalue weighted by molar-refractivity contribution is 6.81. The van der Waals surface area contributed by atoms with E-state index in [0.29, 0.717) is 0 Å². The minimum atomic E-state index is -2.17. The molecule has 0 radical (unpaired) electrons. The predicted molar refractivity (Wildman–Crippen MR) is 124 cm³/mol. The highest BCUT2D eigenvalue weighted by Gasteiger charge is 2.54. The van der Waals surface area contributed by atoms with E-state index in [-0.39, 0.29) is 11.2 Å². The quantitative estimate of drug-likeness (QED) is 0.325. The maximum atomic E-state index is 6.39. The van der Waals surface area contributed by atoms with E-state index in [1.54, 1.807) is 7.11 Å². The van der Waals surface area contributed by atoms with Crippen LogP contribution in [0.15, 0.2) is 30.0 Å². The molecule has 0 N–H and O–H groups in total. The predicted octanol–water partition coefficient (Wildman–Crippen LogP) is 6.40. The molecular formula is C23H39BO4Si. The molecule has 1 aliphatic rings. The number of hydrogen-bond acceptors (Lipinski definition) is 4. The molecule has 1 fully saturated rings. The average molecular weight is 418 g/mol. The fourth-order valence-corrected chi connectivity index (χ4v) is 5.20. The molecule has 1 aliphatic heterocycles. The molecule has 1 saturated heterocycles. The zero-order valence-electron chi connectivity index (χ0n) is 19.6. The van der Waals surface area contributed by atoms with E-state index in [1.165, 1.54) is 36.8 Å². The summed E-state index contributed by atoms with van der Waals surface area (Å²) >= 11 is 0. The fourth-order valence-electron chi connectivity index (χ4n) is 3.39. The van der Waals surface area contributed by atoms with Gasteiger partial charge in [-0.25, -0.2) is 0 Å². The van der Waals surface area contributed by atoms with Crippen molar-refractivity contribution in [3.8, 4) is 5.75 Å². The summed E-state index contributed by atoms with van der Waals surface area (Å²) in [5, 5.41) is 0. The molecule has 0 unspecified atom stereocenters. The third-order valence-electron chi connectivity index (χ3n) is 5.91. The number of ether oxygens (including phenoxy) is 1. The second-order valence-corrected chi connectivity index (χ2v) is 13.2. The van der Waals surface area contributed by atoms with E-state index < -0.39 is 15.6 Å². The molecule has 2 rings (SSSR count). The number of hydrogen-bond donors (Lipinski definition) is 0. The normalized spacial score (nSPS) is 18.9. The second-order valence-electron chi connectivity index (χ2n) is 9.48. The van der Waals surface area contributed by atoms with Crippen molar-refractivity contribution in [2.75, 3.05) is 7.11 Å². The van der Waals surface area contributed by atoms with Crippen molar-refractivity contribution < 1.29 is 18.4 Å². The molecule has 0 atom stereocenters. The van der Waals surface area contributed by atoms with Gasteiger partial charge in [0, 0.05) is 0 Å². The van der Waals surface area contributed by atoms with E-state index >= 15 is 0 Å². The summed E-state index contributed by atoms with van der Waals surface area (Å²) in [5.41, 5.74) is 4.17. The van der Waals surface area contributed by atoms with Gasteiger partial charge in [-0.3, -0.25) is 0 Å². The highest BCUT2D eigenvalue weighted by atomic mass is 28.4. The number of unbranched alkanes of at least 4 members (excludes halogenated alkanes) is 3. The Morgan fingerprint density at radius 3 is 2.10 bits per heavy atom. The third-order valence-corrected chi connectivity index (χ3v) is 7.76. The molecule has 4 nitrogen and oxygen atoms in total. The first-order valence-corrected chi connectivity index (χ1v) is 13.9. The van der Waals surface area contributed by atoms with Gasteiger partial charge >= 0.3 is 7.32 Å². The number of benzene rings is 1. The first-order valence-electron chi connectivity index (χ1n) is 10.9. The van der Waals surface area contributed by atoms with Crippen LogP contribution in [0.3, 0.4) is 0 Å². The molecule has 1 aromatic rings. The van der Waals surface area contributed by atoms with E-state index in [1.807, 2.05) is 12.1 Å². The van der Waals surface area contributed by atoms with Crippen LogP contribution in [0.1, 0.15) is 72.3 Å². The first kappa shape index (κ1) is 24.2. The molecular weight excluding hydrogens is 379 g/mol. The fraction of sp³-hybridized carbons (Fsp3) is 0.652. The Morgan fingerprint density at radius 2 is 1.59 bits per heavy atom. The van der Waals surface area contributed by atoms with E-state index in [4.69, 9.17) is 18.4 Å². The van der Waals surface area contributed by atoms with Gasteiger partial charge in [-0.05, 0) is 76.9 Å². The summed E-state index contributed by atoms with van der Waals surface area (Å²) in [5.74, 6) is 0.879. The third kappa shape index (κ3) is 6.71. The van der Waals surface area contributed by atoms with Crippen molar-refractivity contribution in [3.63, 3.8) is 0 Å². The van der Waals surface area contributed by atoms with E-state index in [9.17, 15) is 0 Å². The monoisotopic (exact) mass is 418 g/mol. The number of rotatable bonds is 10. The summed E-state index contributed by atoms with van der Waals surface area (Å²) in [4.78, 5) is 0. The van der Waals surface area contributed by atoms with Crippen molar-refractivity contribution in [3.05, 3.63) is 35.5 Å². The number of allylic oxidation sites excluding steroid dienone is 1. The zero-order chi connectivity index (χ0) is 21.7. The Kier molecular flexibility index (Phi) is 8.19. The van der Waals surface area contributed by atoms with Crippen LogP contribution in [0.4, 0.5) is 0 Å². The number of methoxy groups -OCH3 is 1. The summed E-state index contributed by atoms with van der Waals surface area (Å²) in [7, 11) is -1.09. The Morgan fingerprint density at radius 1 is 1.00 bits per heavy atom. The topological polar surface area (TPSA) is 36.9 Å². The standard InChI is InChI=1S/C23H39BO4Si/c1-9-10-11-12-13-20(19-14-16-21(25-6)17-15-19)18-29(7,8)28-24-26-22(2,3)23(4,5)27-24/h14-18H,9-13H2,1-8H3/b20-18-. The minimum absolute atomic E-state index is 0.384. The molecule has 0 amide bonds. The molecule has 0 aromatic heterocycles. The Hall–Kier alpha value is -1.08. The van der Waals surface area contributed by atoms with Crippen LogP contribution in [0.25, 0.3) is 5.57 Å². The molecule has 6 heteroatoms. The van der Waals surface area contributed by atoms with Gasteiger partial charge in [-0.15, -0.1) is 0 Å². The van der Waals surface area contributed by atoms with Crippen LogP contribution < -0.4 is 4.74 Å². The summed E-state index contributed by atoms with van der Waals surface area (Å²) in [6, 6.07) is 8.34. The maximum Gasteiger partial charge on any atom is 0.629 e. The molecule has 0 saturated carbocycles. The summed E-state index contributed by atoms with van der Waals surface area (Å²) in [6.45, 7) is 14.9. The van der Waals surface area contributed by atoms with Crippen LogP contribution in [0, 0.1) is 0 Å². The SMILES string of the molecule is CCCCCC/C(=C/[Si](C)(C)OB1OC(C)(C)C(C)(C)O1)c1ccc(OC)cc1. The molecule has 29 heavy (non-hydrogen) atoms. The van der Waals surface area contributed by atoms with Gasteiger partial charge in [0.1, 0.15) is 5.75 Å². The van der Waals surface area contributed by atoms with E-state index in [2.05, 4.69) is 65.5 Å². The molecule has 0 spiro atoms. The lowest BCUT2D eigenvalue weighted by atomic mass is 9.90. The van der Waals surface area contributed by atoms with Crippen molar-refractivity contribution in [1.29, 1.82) is 0 Å². The van der Waals surface area contributed by atoms with Gasteiger partial charge < -0.3 is 18.4 Å². The van der Waals surface area contributed by atoms with Crippen molar-refractivity contribution in [2.45, 2.75) is 91.0 Å². The zero-order valence-corrected chi connectivity index (χ0v) is 20.6. The first-order chi connectivity index (χ1) is 13.5. The lowest BCUT2D eigenvalue weighted by Crippen LogP contribution is -2.41. The van der Waals surface area contributed by atoms with Crippen LogP contribution >= 0.6 is 0 Å². The van der Waals surface area contributed by atoms with Gasteiger partial charge in [0.05, 0.1) is 18.3 Å². The molecule has 1 aromatic carbocycles. The smallest absolute Gasteiger partial charge is 0.497 e. The van der Waals surface area contributed by atoms with E-state index in [0.717, 1.165) is 12.2 Å². The Balaban J connectivity index is 2.18. The molecule has 0 bridgehead atoms. The van der Waals surface area contributed by atoms with Gasteiger partial charge in [-0.1, -0.05) is 44.0 Å². The minimum Gasteiger partial charge on any atom is -0.497 e. The highest BCUT2D eigenvalue weighted by Crippen LogP contribution is 2.38. The Labute approximate surface area is 179 Å². The summed E-state index contributed by atoms with van der Waals surface area (Å²) in [6.07, 6.45) is 6.01. The van der Waals surface area contributed by atoms with Crippen LogP contribution in [-0.4, -0.2) is 34.0 Å². The van der Waals surface area contributed by atoms with Crippen LogP contribution in [0.5, 0.6) is 5.75 Å². The Bertz CT molecular complexity index is 667. The van der Waals surface area contributed by atoms with Gasteiger partial charge in [0.15, 0.2) is 8.32 Å². The molecule has 1 heterocycles. The molecule has 162 valence electrons. The maximum absolute atomic E-state index is 6.39. The van der Waals surface area contributed by atoms with Gasteiger partial charge in [0.2, 0.25) is 0 Å². The summed E-state index contributed by atoms with van der Waals surface area (Å²) < 4.78 is 23.9. The van der Waals surface area contributed by atoms with Crippen LogP contribution in [0.2, 0.25) is 13.1 Å². The van der Waals surface area contributed by atoms with Gasteiger partial charge in [0.25, 0.3) is 0 Å². The lowest BCUT2D eigenvalue weighted by molar-refractivity contribution is 0.00578. The largest absolute Gasteiger partial charge is 0.629 e. The average Bonchev–Trinajstić information content (AvgIpc) is 2.83. The molecule has 0 aliphatic carbocycles. The van der Waals surface area contributed by atoms with Crippen molar-refractivity contribution in [1.82, 2.24) is 0 Å². The second kappa shape index (κ2) is 9.82. The van der Waals surface area contributed by atoms with Crippen molar-refractivity contribution >= 4 is 21.2 Å².